The highest BCUT2D eigenvalue weighted by Gasteiger charge is 2.19. The van der Waals surface area contributed by atoms with Gasteiger partial charge in [-0.2, -0.15) is 0 Å². The third kappa shape index (κ3) is 5.10. The number of hydrogen-bond donors (Lipinski definition) is 1. The van der Waals surface area contributed by atoms with Crippen molar-refractivity contribution in [1.29, 1.82) is 0 Å². The first-order valence-electron chi connectivity index (χ1n) is 8.55. The molecule has 1 saturated heterocycles. The van der Waals surface area contributed by atoms with Gasteiger partial charge in [-0.3, -0.25) is 9.59 Å². The molecule has 2 amide bonds. The van der Waals surface area contributed by atoms with Crippen molar-refractivity contribution in [2.24, 2.45) is 0 Å². The number of carbonyl (C=O) groups excluding carboxylic acids is 2. The summed E-state index contributed by atoms with van der Waals surface area (Å²) in [6.07, 6.45) is 2.19. The number of nitrogens with zero attached hydrogens (tertiary/aromatic N) is 1. The zero-order valence-corrected chi connectivity index (χ0v) is 14.9. The van der Waals surface area contributed by atoms with Crippen LogP contribution < -0.4 is 5.32 Å². The Morgan fingerprint density at radius 3 is 2.32 bits per heavy atom. The van der Waals surface area contributed by atoms with E-state index in [1.165, 1.54) is 11.8 Å². The van der Waals surface area contributed by atoms with Gasteiger partial charge in [-0.15, -0.1) is 11.8 Å². The first-order chi connectivity index (χ1) is 12.2. The summed E-state index contributed by atoms with van der Waals surface area (Å²) in [6, 6.07) is 17.4. The lowest BCUT2D eigenvalue weighted by atomic mass is 10.1. The molecule has 3 rings (SSSR count). The minimum atomic E-state index is 0.00562. The van der Waals surface area contributed by atoms with Crippen molar-refractivity contribution in [3.05, 3.63) is 65.7 Å². The first-order valence-corrected chi connectivity index (χ1v) is 9.54. The van der Waals surface area contributed by atoms with Crippen LogP contribution in [0.1, 0.15) is 28.8 Å². The fraction of sp³-hybridized carbons (Fsp3) is 0.300. The molecule has 0 unspecified atom stereocenters. The number of carbonyl (C=O) groups is 2. The summed E-state index contributed by atoms with van der Waals surface area (Å²) in [6.45, 7) is 2.19. The molecular weight excluding hydrogens is 332 g/mol. The van der Waals surface area contributed by atoms with E-state index in [1.54, 1.807) is 0 Å². The molecule has 0 spiro atoms. The number of hydrogen-bond acceptors (Lipinski definition) is 3. The largest absolute Gasteiger partial charge is 0.351 e. The summed E-state index contributed by atoms with van der Waals surface area (Å²) in [7, 11) is 0. The smallest absolute Gasteiger partial charge is 0.253 e. The number of thioether (sulfide) groups is 1. The van der Waals surface area contributed by atoms with E-state index in [2.05, 4.69) is 5.32 Å². The second-order valence-corrected chi connectivity index (χ2v) is 7.12. The third-order valence-corrected chi connectivity index (χ3v) is 5.21. The van der Waals surface area contributed by atoms with E-state index in [0.29, 0.717) is 12.3 Å². The zero-order chi connectivity index (χ0) is 17.5. The average Bonchev–Trinajstić information content (AvgIpc) is 3.20. The molecule has 4 nitrogen and oxygen atoms in total. The standard InChI is InChI=1S/C20H22N2O2S/c23-19(15-25-18-6-2-1-3-7-18)21-14-16-8-10-17(11-9-16)20(24)22-12-4-5-13-22/h1-3,6-11H,4-5,12-15H2,(H,21,23). The van der Waals surface area contributed by atoms with Crippen LogP contribution in [0.5, 0.6) is 0 Å². The molecule has 130 valence electrons. The molecule has 0 radical (unpaired) electrons. The van der Waals surface area contributed by atoms with E-state index in [0.717, 1.165) is 42.0 Å². The lowest BCUT2D eigenvalue weighted by Gasteiger charge is -2.15. The molecule has 2 aromatic rings. The molecule has 0 bridgehead atoms. The predicted molar refractivity (Wildman–Crippen MR) is 101 cm³/mol. The fourth-order valence-corrected chi connectivity index (χ4v) is 3.53. The Morgan fingerprint density at radius 2 is 1.64 bits per heavy atom. The van der Waals surface area contributed by atoms with Crippen molar-refractivity contribution in [1.82, 2.24) is 10.2 Å². The van der Waals surface area contributed by atoms with Crippen LogP contribution in [-0.2, 0) is 11.3 Å². The summed E-state index contributed by atoms with van der Waals surface area (Å²) >= 11 is 1.52. The summed E-state index contributed by atoms with van der Waals surface area (Å²) in [5.41, 5.74) is 1.72. The van der Waals surface area contributed by atoms with E-state index in [9.17, 15) is 9.59 Å². The second kappa shape index (κ2) is 8.72. The van der Waals surface area contributed by atoms with Gasteiger partial charge in [0.05, 0.1) is 5.75 Å². The van der Waals surface area contributed by atoms with Gasteiger partial charge in [0.25, 0.3) is 5.91 Å². The Bertz CT molecular complexity index is 710. The Balaban J connectivity index is 1.45. The van der Waals surface area contributed by atoms with Crippen LogP contribution in [0.25, 0.3) is 0 Å². The summed E-state index contributed by atoms with van der Waals surface area (Å²) in [4.78, 5) is 27.2. The van der Waals surface area contributed by atoms with Crippen molar-refractivity contribution in [2.75, 3.05) is 18.8 Å². The summed E-state index contributed by atoms with van der Waals surface area (Å²) in [5, 5.41) is 2.92. The minimum absolute atomic E-state index is 0.00562. The van der Waals surface area contributed by atoms with Gasteiger partial charge in [-0.1, -0.05) is 30.3 Å². The van der Waals surface area contributed by atoms with Crippen molar-refractivity contribution in [3.8, 4) is 0 Å². The normalized spacial score (nSPS) is 13.7. The van der Waals surface area contributed by atoms with Crippen molar-refractivity contribution < 1.29 is 9.59 Å². The van der Waals surface area contributed by atoms with Crippen LogP contribution in [0.3, 0.4) is 0 Å². The van der Waals surface area contributed by atoms with Crippen LogP contribution in [0, 0.1) is 0 Å². The zero-order valence-electron chi connectivity index (χ0n) is 14.1. The van der Waals surface area contributed by atoms with E-state index >= 15 is 0 Å². The summed E-state index contributed by atoms with van der Waals surface area (Å²) < 4.78 is 0. The molecule has 5 heteroatoms. The molecule has 1 aliphatic heterocycles. The van der Waals surface area contributed by atoms with Gasteiger partial charge in [0.2, 0.25) is 5.91 Å². The van der Waals surface area contributed by atoms with Gasteiger partial charge in [0.1, 0.15) is 0 Å². The lowest BCUT2D eigenvalue weighted by Crippen LogP contribution is -2.27. The molecule has 2 aromatic carbocycles. The molecule has 1 N–H and O–H groups in total. The Morgan fingerprint density at radius 1 is 0.960 bits per heavy atom. The fourth-order valence-electron chi connectivity index (χ4n) is 2.79. The van der Waals surface area contributed by atoms with Crippen LogP contribution in [0.15, 0.2) is 59.5 Å². The highest BCUT2D eigenvalue weighted by atomic mass is 32.2. The molecule has 0 saturated carbocycles. The maximum Gasteiger partial charge on any atom is 0.253 e. The maximum absolute atomic E-state index is 12.3. The second-order valence-electron chi connectivity index (χ2n) is 6.07. The molecular formula is C20H22N2O2S. The quantitative estimate of drug-likeness (QED) is 0.810. The van der Waals surface area contributed by atoms with E-state index in [1.807, 2.05) is 59.5 Å². The molecule has 1 heterocycles. The molecule has 1 fully saturated rings. The average molecular weight is 354 g/mol. The van der Waals surface area contributed by atoms with Crippen LogP contribution in [0.2, 0.25) is 0 Å². The van der Waals surface area contributed by atoms with Gasteiger partial charge in [-0.25, -0.2) is 0 Å². The van der Waals surface area contributed by atoms with Crippen LogP contribution in [0.4, 0.5) is 0 Å². The van der Waals surface area contributed by atoms with Gasteiger partial charge >= 0.3 is 0 Å². The van der Waals surface area contributed by atoms with Crippen molar-refractivity contribution in [2.45, 2.75) is 24.3 Å². The molecule has 25 heavy (non-hydrogen) atoms. The maximum atomic E-state index is 12.3. The monoisotopic (exact) mass is 354 g/mol. The molecule has 0 aliphatic carbocycles. The number of amides is 2. The molecule has 1 aliphatic rings. The van der Waals surface area contributed by atoms with Crippen molar-refractivity contribution in [3.63, 3.8) is 0 Å². The number of rotatable bonds is 6. The van der Waals surface area contributed by atoms with E-state index in [4.69, 9.17) is 0 Å². The molecule has 0 atom stereocenters. The Kier molecular flexibility index (Phi) is 6.12. The Hall–Kier alpha value is -2.27. The summed E-state index contributed by atoms with van der Waals surface area (Å²) in [5.74, 6) is 0.508. The van der Waals surface area contributed by atoms with Crippen molar-refractivity contribution >= 4 is 23.6 Å². The topological polar surface area (TPSA) is 49.4 Å². The minimum Gasteiger partial charge on any atom is -0.351 e. The van der Waals surface area contributed by atoms with Gasteiger partial charge in [0.15, 0.2) is 0 Å². The predicted octanol–water partition coefficient (Wildman–Crippen LogP) is 3.33. The van der Waals surface area contributed by atoms with Gasteiger partial charge < -0.3 is 10.2 Å². The molecule has 0 aromatic heterocycles. The van der Waals surface area contributed by atoms with E-state index < -0.39 is 0 Å². The number of benzene rings is 2. The highest BCUT2D eigenvalue weighted by Crippen LogP contribution is 2.16. The number of likely N-dealkylation sites (tertiary alicyclic amines) is 1. The number of nitrogens with one attached hydrogen (secondary N) is 1. The van der Waals surface area contributed by atoms with E-state index in [-0.39, 0.29) is 11.8 Å². The SMILES string of the molecule is O=C(CSc1ccccc1)NCc1ccc(C(=O)N2CCCC2)cc1. The third-order valence-electron chi connectivity index (χ3n) is 4.20. The first kappa shape index (κ1) is 17.5. The van der Waals surface area contributed by atoms with Gasteiger partial charge in [-0.05, 0) is 42.7 Å². The van der Waals surface area contributed by atoms with Crippen LogP contribution in [-0.4, -0.2) is 35.6 Å². The Labute approximate surface area is 152 Å². The van der Waals surface area contributed by atoms with Gasteiger partial charge in [0, 0.05) is 30.1 Å². The van der Waals surface area contributed by atoms with Crippen LogP contribution >= 0.6 is 11.8 Å². The highest BCUT2D eigenvalue weighted by molar-refractivity contribution is 8.00. The lowest BCUT2D eigenvalue weighted by molar-refractivity contribution is -0.118.